The average Bonchev–Trinajstić information content (AvgIpc) is 2.97. The number of rotatable bonds is 3. The third kappa shape index (κ3) is 3.11. The molecule has 2 aliphatic rings. The van der Waals surface area contributed by atoms with Crippen molar-refractivity contribution in [2.75, 3.05) is 31.1 Å². The van der Waals surface area contributed by atoms with Crippen molar-refractivity contribution < 1.29 is 0 Å². The van der Waals surface area contributed by atoms with Gasteiger partial charge in [-0.2, -0.15) is 9.61 Å². The van der Waals surface area contributed by atoms with E-state index in [2.05, 4.69) is 38.1 Å². The van der Waals surface area contributed by atoms with Crippen molar-refractivity contribution in [3.8, 4) is 0 Å². The number of hydrogen-bond acceptors (Lipinski definition) is 5. The molecule has 0 amide bonds. The highest BCUT2D eigenvalue weighted by atomic mass is 15.4. The van der Waals surface area contributed by atoms with Crippen LogP contribution in [0.25, 0.3) is 5.65 Å². The molecule has 0 radical (unpaired) electrons. The summed E-state index contributed by atoms with van der Waals surface area (Å²) in [5.41, 5.74) is 3.19. The van der Waals surface area contributed by atoms with Crippen LogP contribution in [-0.4, -0.2) is 56.9 Å². The first-order valence-electron chi connectivity index (χ1n) is 9.54. The molecule has 6 heteroatoms. The highest BCUT2D eigenvalue weighted by Crippen LogP contribution is 2.26. The second kappa shape index (κ2) is 7.05. The second-order valence-corrected chi connectivity index (χ2v) is 7.14. The minimum atomic E-state index is 0.815. The molecule has 1 saturated heterocycles. The first kappa shape index (κ1) is 15.8. The summed E-state index contributed by atoms with van der Waals surface area (Å²) < 4.78 is 1.83. The lowest BCUT2D eigenvalue weighted by Gasteiger charge is -2.33. The Labute approximate surface area is 143 Å². The van der Waals surface area contributed by atoms with Gasteiger partial charge in [-0.15, -0.1) is 10.2 Å². The summed E-state index contributed by atoms with van der Waals surface area (Å²) in [6.07, 6.45) is 10.9. The third-order valence-corrected chi connectivity index (χ3v) is 5.62. The van der Waals surface area contributed by atoms with Crippen LogP contribution in [0.4, 0.5) is 5.69 Å². The molecule has 130 valence electrons. The summed E-state index contributed by atoms with van der Waals surface area (Å²) in [7, 11) is 0. The van der Waals surface area contributed by atoms with Gasteiger partial charge in [-0.3, -0.25) is 4.90 Å². The molecule has 1 aliphatic carbocycles. The van der Waals surface area contributed by atoms with Crippen LogP contribution in [-0.2, 0) is 6.42 Å². The maximum atomic E-state index is 4.58. The van der Waals surface area contributed by atoms with Crippen molar-refractivity contribution >= 4 is 11.3 Å². The molecule has 2 aromatic rings. The number of nitrogens with zero attached hydrogens (tertiary/aromatic N) is 6. The fourth-order valence-electron chi connectivity index (χ4n) is 4.26. The molecule has 0 atom stereocenters. The topological polar surface area (TPSA) is 49.6 Å². The van der Waals surface area contributed by atoms with Gasteiger partial charge in [-0.05, 0) is 31.7 Å². The van der Waals surface area contributed by atoms with Crippen molar-refractivity contribution in [3.63, 3.8) is 0 Å². The van der Waals surface area contributed by atoms with Gasteiger partial charge in [-0.1, -0.05) is 26.2 Å². The molecule has 2 fully saturated rings. The second-order valence-electron chi connectivity index (χ2n) is 7.14. The Kier molecular flexibility index (Phi) is 4.65. The Hall–Kier alpha value is -1.69. The molecule has 4 rings (SSSR count). The van der Waals surface area contributed by atoms with Crippen LogP contribution in [0.3, 0.4) is 0 Å². The number of fused-ring (bicyclic) bond motifs is 1. The number of anilines is 1. The van der Waals surface area contributed by atoms with Gasteiger partial charge in [0, 0.05) is 32.2 Å². The van der Waals surface area contributed by atoms with Crippen molar-refractivity contribution in [2.45, 2.75) is 57.9 Å². The van der Waals surface area contributed by atoms with E-state index in [4.69, 9.17) is 0 Å². The maximum Gasteiger partial charge on any atom is 0.200 e. The van der Waals surface area contributed by atoms with Crippen molar-refractivity contribution in [1.82, 2.24) is 24.7 Å². The Balaban J connectivity index is 1.53. The SMILES string of the molecule is CCc1cc(N2CCCN(C3CCCCC3)CC2)c2nncn2n1. The van der Waals surface area contributed by atoms with Gasteiger partial charge in [0.1, 0.15) is 6.33 Å². The largest absolute Gasteiger partial charge is 0.367 e. The van der Waals surface area contributed by atoms with Crippen LogP contribution in [0.1, 0.15) is 51.1 Å². The van der Waals surface area contributed by atoms with Gasteiger partial charge in [0.15, 0.2) is 0 Å². The third-order valence-electron chi connectivity index (χ3n) is 5.62. The maximum absolute atomic E-state index is 4.58. The molecular weight excluding hydrogens is 300 g/mol. The molecule has 1 saturated carbocycles. The number of aryl methyl sites for hydroxylation is 1. The standard InChI is InChI=1S/C18H28N6/c1-2-15-13-17(18-20-19-14-24(18)21-15)23-10-6-9-22(11-12-23)16-7-4-3-5-8-16/h13-14,16H,2-12H2,1H3. The molecule has 2 aromatic heterocycles. The van der Waals surface area contributed by atoms with Crippen LogP contribution >= 0.6 is 0 Å². The van der Waals surface area contributed by atoms with Crippen LogP contribution in [0.2, 0.25) is 0 Å². The van der Waals surface area contributed by atoms with Gasteiger partial charge in [0.25, 0.3) is 0 Å². The summed E-state index contributed by atoms with van der Waals surface area (Å²) in [6.45, 7) is 6.71. The Morgan fingerprint density at radius 1 is 1.04 bits per heavy atom. The highest BCUT2D eigenvalue weighted by Gasteiger charge is 2.24. The molecule has 3 heterocycles. The zero-order valence-electron chi connectivity index (χ0n) is 14.7. The Bertz CT molecular complexity index is 675. The normalized spacial score (nSPS) is 21.3. The zero-order valence-corrected chi connectivity index (χ0v) is 14.7. The van der Waals surface area contributed by atoms with E-state index >= 15 is 0 Å². The predicted octanol–water partition coefficient (Wildman–Crippen LogP) is 2.53. The van der Waals surface area contributed by atoms with Crippen molar-refractivity contribution in [2.24, 2.45) is 0 Å². The van der Waals surface area contributed by atoms with E-state index in [1.54, 1.807) is 6.33 Å². The van der Waals surface area contributed by atoms with E-state index < -0.39 is 0 Å². The van der Waals surface area contributed by atoms with Crippen LogP contribution < -0.4 is 4.90 Å². The van der Waals surface area contributed by atoms with E-state index in [1.807, 2.05) is 4.52 Å². The van der Waals surface area contributed by atoms with Crippen molar-refractivity contribution in [1.29, 1.82) is 0 Å². The van der Waals surface area contributed by atoms with Gasteiger partial charge in [0.05, 0.1) is 11.4 Å². The average molecular weight is 328 g/mol. The van der Waals surface area contributed by atoms with Crippen molar-refractivity contribution in [3.05, 3.63) is 18.1 Å². The Morgan fingerprint density at radius 2 is 1.92 bits per heavy atom. The summed E-state index contributed by atoms with van der Waals surface area (Å²) in [4.78, 5) is 5.23. The van der Waals surface area contributed by atoms with E-state index in [0.29, 0.717) is 0 Å². The van der Waals surface area contributed by atoms with Gasteiger partial charge < -0.3 is 4.90 Å². The fourth-order valence-corrected chi connectivity index (χ4v) is 4.26. The lowest BCUT2D eigenvalue weighted by atomic mass is 9.94. The molecule has 1 aliphatic heterocycles. The van der Waals surface area contributed by atoms with Crippen LogP contribution in [0.15, 0.2) is 12.4 Å². The van der Waals surface area contributed by atoms with Crippen LogP contribution in [0.5, 0.6) is 0 Å². The summed E-state index contributed by atoms with van der Waals surface area (Å²) in [6, 6.07) is 3.02. The summed E-state index contributed by atoms with van der Waals surface area (Å²) in [5, 5.41) is 12.9. The molecule has 6 nitrogen and oxygen atoms in total. The summed E-state index contributed by atoms with van der Waals surface area (Å²) in [5.74, 6) is 0. The minimum absolute atomic E-state index is 0.815. The van der Waals surface area contributed by atoms with Gasteiger partial charge in [-0.25, -0.2) is 0 Å². The lowest BCUT2D eigenvalue weighted by Crippen LogP contribution is -2.39. The molecule has 0 bridgehead atoms. The summed E-state index contributed by atoms with van der Waals surface area (Å²) >= 11 is 0. The minimum Gasteiger partial charge on any atom is -0.367 e. The van der Waals surface area contributed by atoms with E-state index in [-0.39, 0.29) is 0 Å². The quantitative estimate of drug-likeness (QED) is 0.866. The molecule has 0 spiro atoms. The van der Waals surface area contributed by atoms with Crippen LogP contribution in [0, 0.1) is 0 Å². The predicted molar refractivity (Wildman–Crippen MR) is 95.4 cm³/mol. The molecule has 24 heavy (non-hydrogen) atoms. The molecule has 0 aromatic carbocycles. The van der Waals surface area contributed by atoms with E-state index in [1.165, 1.54) is 50.8 Å². The first-order valence-corrected chi connectivity index (χ1v) is 9.54. The van der Waals surface area contributed by atoms with E-state index in [0.717, 1.165) is 43.4 Å². The first-order chi connectivity index (χ1) is 11.8. The smallest absolute Gasteiger partial charge is 0.200 e. The lowest BCUT2D eigenvalue weighted by molar-refractivity contribution is 0.166. The number of hydrogen-bond donors (Lipinski definition) is 0. The molecule has 0 N–H and O–H groups in total. The molecular formula is C18H28N6. The van der Waals surface area contributed by atoms with Gasteiger partial charge >= 0.3 is 0 Å². The zero-order chi connectivity index (χ0) is 16.4. The molecule has 0 unspecified atom stereocenters. The highest BCUT2D eigenvalue weighted by molar-refractivity contribution is 5.68. The Morgan fingerprint density at radius 3 is 2.75 bits per heavy atom. The fraction of sp³-hybridized carbons (Fsp3) is 0.722. The van der Waals surface area contributed by atoms with E-state index in [9.17, 15) is 0 Å². The monoisotopic (exact) mass is 328 g/mol. The number of aromatic nitrogens is 4. The van der Waals surface area contributed by atoms with Gasteiger partial charge in [0.2, 0.25) is 5.65 Å².